The van der Waals surface area contributed by atoms with Gasteiger partial charge in [0.2, 0.25) is 0 Å². The second-order valence-electron chi connectivity index (χ2n) is 5.27. The molecule has 2 amide bonds. The molecule has 7 nitrogen and oxygen atoms in total. The van der Waals surface area contributed by atoms with Gasteiger partial charge in [-0.15, -0.1) is 0 Å². The van der Waals surface area contributed by atoms with E-state index in [1.54, 1.807) is 12.1 Å². The van der Waals surface area contributed by atoms with Crippen molar-refractivity contribution in [2.45, 2.75) is 13.8 Å². The SMILES string of the molecule is CCOc1ccc(C(=O)NNC(=O)COc2ccc(F)cc2)cc1OCC. The van der Waals surface area contributed by atoms with Crippen LogP contribution >= 0.6 is 0 Å². The number of benzene rings is 2. The lowest BCUT2D eigenvalue weighted by molar-refractivity contribution is -0.123. The smallest absolute Gasteiger partial charge is 0.276 e. The molecule has 0 unspecified atom stereocenters. The molecular formula is C19H21FN2O5. The molecule has 27 heavy (non-hydrogen) atoms. The summed E-state index contributed by atoms with van der Waals surface area (Å²) in [6, 6.07) is 9.96. The third-order valence-electron chi connectivity index (χ3n) is 3.30. The topological polar surface area (TPSA) is 85.9 Å². The third-order valence-corrected chi connectivity index (χ3v) is 3.30. The lowest BCUT2D eigenvalue weighted by Gasteiger charge is -2.13. The summed E-state index contributed by atoms with van der Waals surface area (Å²) < 4.78 is 28.9. The molecule has 0 heterocycles. The van der Waals surface area contributed by atoms with Gasteiger partial charge in [0.1, 0.15) is 11.6 Å². The number of halogens is 1. The molecule has 2 aromatic rings. The maximum atomic E-state index is 12.8. The van der Waals surface area contributed by atoms with Gasteiger partial charge in [-0.25, -0.2) is 4.39 Å². The van der Waals surface area contributed by atoms with E-state index in [4.69, 9.17) is 14.2 Å². The van der Waals surface area contributed by atoms with Gasteiger partial charge in [-0.1, -0.05) is 0 Å². The van der Waals surface area contributed by atoms with E-state index in [0.29, 0.717) is 36.0 Å². The van der Waals surface area contributed by atoms with E-state index in [1.165, 1.54) is 30.3 Å². The van der Waals surface area contributed by atoms with Gasteiger partial charge >= 0.3 is 0 Å². The summed E-state index contributed by atoms with van der Waals surface area (Å²) in [5, 5.41) is 0. The first-order valence-corrected chi connectivity index (χ1v) is 8.40. The third kappa shape index (κ3) is 6.18. The molecule has 2 rings (SSSR count). The Morgan fingerprint density at radius 1 is 0.889 bits per heavy atom. The highest BCUT2D eigenvalue weighted by atomic mass is 19.1. The van der Waals surface area contributed by atoms with E-state index >= 15 is 0 Å². The van der Waals surface area contributed by atoms with Crippen molar-refractivity contribution >= 4 is 11.8 Å². The number of hydrazine groups is 1. The molecule has 0 saturated heterocycles. The molecule has 0 bridgehead atoms. The van der Waals surface area contributed by atoms with Gasteiger partial charge in [0.25, 0.3) is 11.8 Å². The summed E-state index contributed by atoms with van der Waals surface area (Å²) in [6.45, 7) is 4.22. The molecule has 2 aromatic carbocycles. The highest BCUT2D eigenvalue weighted by molar-refractivity contribution is 5.96. The lowest BCUT2D eigenvalue weighted by Crippen LogP contribution is -2.43. The zero-order valence-corrected chi connectivity index (χ0v) is 15.1. The van der Waals surface area contributed by atoms with Gasteiger partial charge in [-0.05, 0) is 56.3 Å². The van der Waals surface area contributed by atoms with Crippen molar-refractivity contribution in [3.05, 3.63) is 53.8 Å². The number of nitrogens with one attached hydrogen (secondary N) is 2. The number of hydrogen-bond donors (Lipinski definition) is 2. The Hall–Kier alpha value is -3.29. The maximum absolute atomic E-state index is 12.8. The van der Waals surface area contributed by atoms with Gasteiger partial charge in [0.05, 0.1) is 13.2 Å². The summed E-state index contributed by atoms with van der Waals surface area (Å²) in [4.78, 5) is 23.9. The van der Waals surface area contributed by atoms with E-state index < -0.39 is 17.6 Å². The summed E-state index contributed by atoms with van der Waals surface area (Å²) in [6.07, 6.45) is 0. The monoisotopic (exact) mass is 376 g/mol. The first-order chi connectivity index (χ1) is 13.0. The maximum Gasteiger partial charge on any atom is 0.276 e. The van der Waals surface area contributed by atoms with E-state index in [9.17, 15) is 14.0 Å². The molecule has 0 aliphatic carbocycles. The van der Waals surface area contributed by atoms with E-state index in [0.717, 1.165) is 0 Å². The fourth-order valence-electron chi connectivity index (χ4n) is 2.11. The van der Waals surface area contributed by atoms with Gasteiger partial charge in [0.15, 0.2) is 18.1 Å². The molecule has 0 spiro atoms. The Morgan fingerprint density at radius 2 is 1.56 bits per heavy atom. The van der Waals surface area contributed by atoms with Gasteiger partial charge in [0, 0.05) is 5.56 Å². The van der Waals surface area contributed by atoms with Crippen LogP contribution in [0.2, 0.25) is 0 Å². The van der Waals surface area contributed by atoms with Crippen molar-refractivity contribution in [3.63, 3.8) is 0 Å². The van der Waals surface area contributed by atoms with Crippen LogP contribution in [0.4, 0.5) is 4.39 Å². The van der Waals surface area contributed by atoms with Crippen molar-refractivity contribution in [1.29, 1.82) is 0 Å². The molecule has 8 heteroatoms. The molecule has 2 N–H and O–H groups in total. The van der Waals surface area contributed by atoms with E-state index in [-0.39, 0.29) is 6.61 Å². The molecule has 0 aromatic heterocycles. The molecule has 144 valence electrons. The van der Waals surface area contributed by atoms with Gasteiger partial charge in [-0.3, -0.25) is 20.4 Å². The summed E-state index contributed by atoms with van der Waals surface area (Å²) >= 11 is 0. The molecule has 0 radical (unpaired) electrons. The second-order valence-corrected chi connectivity index (χ2v) is 5.27. The van der Waals surface area contributed by atoms with E-state index in [2.05, 4.69) is 10.9 Å². The lowest BCUT2D eigenvalue weighted by atomic mass is 10.2. The van der Waals surface area contributed by atoms with E-state index in [1.807, 2.05) is 13.8 Å². The quantitative estimate of drug-likeness (QED) is 0.692. The standard InChI is InChI=1S/C19H21FN2O5/c1-3-25-16-10-5-13(11-17(16)26-4-2)19(24)22-21-18(23)12-27-15-8-6-14(20)7-9-15/h5-11H,3-4,12H2,1-2H3,(H,21,23)(H,22,24). The largest absolute Gasteiger partial charge is 0.490 e. The first kappa shape index (κ1) is 20.0. The minimum atomic E-state index is -0.566. The van der Waals surface area contributed by atoms with Crippen LogP contribution < -0.4 is 25.1 Å². The van der Waals surface area contributed by atoms with Crippen molar-refractivity contribution < 1.29 is 28.2 Å². The van der Waals surface area contributed by atoms with Gasteiger partial charge in [-0.2, -0.15) is 0 Å². The zero-order valence-electron chi connectivity index (χ0n) is 15.1. The zero-order chi connectivity index (χ0) is 19.6. The number of rotatable bonds is 8. The average Bonchev–Trinajstić information content (AvgIpc) is 2.67. The van der Waals surface area contributed by atoms with Gasteiger partial charge < -0.3 is 14.2 Å². The predicted molar refractivity (Wildman–Crippen MR) is 96.3 cm³/mol. The van der Waals surface area contributed by atoms with Crippen molar-refractivity contribution in [3.8, 4) is 17.2 Å². The van der Waals surface area contributed by atoms with Crippen LogP contribution in [0.1, 0.15) is 24.2 Å². The fraction of sp³-hybridized carbons (Fsp3) is 0.263. The summed E-state index contributed by atoms with van der Waals surface area (Å²) in [7, 11) is 0. The van der Waals surface area contributed by atoms with Crippen molar-refractivity contribution in [1.82, 2.24) is 10.9 Å². The molecule has 0 fully saturated rings. The summed E-state index contributed by atoms with van der Waals surface area (Å²) in [5.74, 6) is -0.171. The minimum Gasteiger partial charge on any atom is -0.490 e. The number of carbonyl (C=O) groups is 2. The molecular weight excluding hydrogens is 355 g/mol. The normalized spacial score (nSPS) is 10.0. The highest BCUT2D eigenvalue weighted by Gasteiger charge is 2.12. The second kappa shape index (κ2) is 10.0. The van der Waals surface area contributed by atoms with Crippen LogP contribution in [-0.4, -0.2) is 31.6 Å². The Morgan fingerprint density at radius 3 is 2.22 bits per heavy atom. The Labute approximate surface area is 156 Å². The minimum absolute atomic E-state index is 0.293. The average molecular weight is 376 g/mol. The predicted octanol–water partition coefficient (Wildman–Crippen LogP) is 2.46. The van der Waals surface area contributed by atoms with Crippen LogP contribution in [0.15, 0.2) is 42.5 Å². The molecule has 0 atom stereocenters. The van der Waals surface area contributed by atoms with Crippen LogP contribution in [0.3, 0.4) is 0 Å². The Bertz CT molecular complexity index is 780. The number of hydrogen-bond acceptors (Lipinski definition) is 5. The van der Waals surface area contributed by atoms with Crippen LogP contribution in [0, 0.1) is 5.82 Å². The van der Waals surface area contributed by atoms with Crippen LogP contribution in [-0.2, 0) is 4.79 Å². The number of amides is 2. The fourth-order valence-corrected chi connectivity index (χ4v) is 2.11. The summed E-state index contributed by atoms with van der Waals surface area (Å²) in [5.41, 5.74) is 4.83. The van der Waals surface area contributed by atoms with Crippen LogP contribution in [0.25, 0.3) is 0 Å². The molecule has 0 aliphatic rings. The first-order valence-electron chi connectivity index (χ1n) is 8.40. The number of ether oxygens (including phenoxy) is 3. The highest BCUT2D eigenvalue weighted by Crippen LogP contribution is 2.28. The van der Waals surface area contributed by atoms with Crippen molar-refractivity contribution in [2.75, 3.05) is 19.8 Å². The Kier molecular flexibility index (Phi) is 7.42. The molecule has 0 aliphatic heterocycles. The Balaban J connectivity index is 1.87. The van der Waals surface area contributed by atoms with Crippen LogP contribution in [0.5, 0.6) is 17.2 Å². The van der Waals surface area contributed by atoms with Crippen molar-refractivity contribution in [2.24, 2.45) is 0 Å². The molecule has 0 saturated carbocycles. The number of carbonyl (C=O) groups excluding carboxylic acids is 2.